The lowest BCUT2D eigenvalue weighted by molar-refractivity contribution is 0.565. The van der Waals surface area contributed by atoms with E-state index in [1.807, 2.05) is 4.68 Å². The number of aromatic nitrogens is 6. The van der Waals surface area contributed by atoms with Gasteiger partial charge in [0.15, 0.2) is 0 Å². The Labute approximate surface area is 107 Å². The number of rotatable bonds is 4. The first-order chi connectivity index (χ1) is 8.33. The van der Waals surface area contributed by atoms with E-state index in [2.05, 4.69) is 25.5 Å². The molecule has 0 spiro atoms. The smallest absolute Gasteiger partial charge is 0.209 e. The summed E-state index contributed by atoms with van der Waals surface area (Å²) in [5.74, 6) is 0.692. The van der Waals surface area contributed by atoms with Crippen LogP contribution in [0.4, 0.5) is 0 Å². The van der Waals surface area contributed by atoms with Crippen molar-refractivity contribution in [2.45, 2.75) is 29.8 Å². The molecule has 8 heteroatoms. The van der Waals surface area contributed by atoms with Gasteiger partial charge in [-0.05, 0) is 23.3 Å². The van der Waals surface area contributed by atoms with Crippen LogP contribution in [-0.4, -0.2) is 30.2 Å². The van der Waals surface area contributed by atoms with E-state index in [4.69, 9.17) is 11.6 Å². The van der Waals surface area contributed by atoms with Crippen molar-refractivity contribution in [3.05, 3.63) is 23.2 Å². The average molecular weight is 269 g/mol. The molecule has 88 valence electrons. The van der Waals surface area contributed by atoms with Crippen LogP contribution in [0.25, 0.3) is 0 Å². The van der Waals surface area contributed by atoms with Crippen molar-refractivity contribution in [1.82, 2.24) is 30.2 Å². The van der Waals surface area contributed by atoms with Crippen LogP contribution in [0.2, 0.25) is 5.15 Å². The molecule has 0 aromatic carbocycles. The van der Waals surface area contributed by atoms with Gasteiger partial charge in [0.1, 0.15) is 5.15 Å². The SMILES string of the molecule is Clc1cnc(CSc2nnnn2C2CC2)cn1. The molecule has 0 unspecified atom stereocenters. The van der Waals surface area contributed by atoms with Crippen molar-refractivity contribution in [2.24, 2.45) is 0 Å². The predicted octanol–water partition coefficient (Wildman–Crippen LogP) is 1.74. The van der Waals surface area contributed by atoms with Crippen molar-refractivity contribution in [1.29, 1.82) is 0 Å². The highest BCUT2D eigenvalue weighted by atomic mass is 35.5. The van der Waals surface area contributed by atoms with E-state index in [9.17, 15) is 0 Å². The van der Waals surface area contributed by atoms with Gasteiger partial charge in [0.25, 0.3) is 0 Å². The highest BCUT2D eigenvalue weighted by Crippen LogP contribution is 2.36. The van der Waals surface area contributed by atoms with Gasteiger partial charge < -0.3 is 0 Å². The molecule has 0 atom stereocenters. The molecule has 0 radical (unpaired) electrons. The molecule has 0 N–H and O–H groups in total. The lowest BCUT2D eigenvalue weighted by Gasteiger charge is -2.01. The van der Waals surface area contributed by atoms with Crippen molar-refractivity contribution < 1.29 is 0 Å². The first kappa shape index (κ1) is 10.9. The number of halogens is 1. The number of hydrogen-bond acceptors (Lipinski definition) is 6. The molecule has 0 amide bonds. The minimum Gasteiger partial charge on any atom is -0.256 e. The Morgan fingerprint density at radius 1 is 1.35 bits per heavy atom. The molecule has 2 aromatic rings. The predicted molar refractivity (Wildman–Crippen MR) is 62.7 cm³/mol. The van der Waals surface area contributed by atoms with E-state index in [1.165, 1.54) is 12.8 Å². The van der Waals surface area contributed by atoms with Gasteiger partial charge in [0.05, 0.1) is 24.1 Å². The Morgan fingerprint density at radius 3 is 2.94 bits per heavy atom. The molecule has 0 bridgehead atoms. The largest absolute Gasteiger partial charge is 0.256 e. The Morgan fingerprint density at radius 2 is 2.24 bits per heavy atom. The van der Waals surface area contributed by atoms with E-state index in [-0.39, 0.29) is 0 Å². The van der Waals surface area contributed by atoms with Crippen LogP contribution >= 0.6 is 23.4 Å². The van der Waals surface area contributed by atoms with Gasteiger partial charge in [0.2, 0.25) is 5.16 Å². The van der Waals surface area contributed by atoms with Crippen LogP contribution in [0.3, 0.4) is 0 Å². The van der Waals surface area contributed by atoms with E-state index < -0.39 is 0 Å². The number of hydrogen-bond donors (Lipinski definition) is 0. The van der Waals surface area contributed by atoms with Crippen LogP contribution in [0.5, 0.6) is 0 Å². The molecule has 0 saturated heterocycles. The standard InChI is InChI=1S/C9H9ClN6S/c10-8-4-11-6(3-12-8)5-17-9-13-14-15-16(9)7-1-2-7/h3-4,7H,1-2,5H2. The van der Waals surface area contributed by atoms with Crippen molar-refractivity contribution in [3.8, 4) is 0 Å². The molecular formula is C9H9ClN6S. The third kappa shape index (κ3) is 2.55. The van der Waals surface area contributed by atoms with E-state index >= 15 is 0 Å². The second-order valence-electron chi connectivity index (χ2n) is 3.76. The topological polar surface area (TPSA) is 69.4 Å². The molecule has 1 fully saturated rings. The zero-order chi connectivity index (χ0) is 11.7. The summed E-state index contributed by atoms with van der Waals surface area (Å²) in [5, 5.41) is 12.9. The minimum atomic E-state index is 0.404. The first-order valence-electron chi connectivity index (χ1n) is 5.20. The number of nitrogens with zero attached hydrogens (tertiary/aromatic N) is 6. The highest BCUT2D eigenvalue weighted by molar-refractivity contribution is 7.98. The summed E-state index contributed by atoms with van der Waals surface area (Å²) in [6.07, 6.45) is 5.54. The average Bonchev–Trinajstić information content (AvgIpc) is 3.08. The highest BCUT2D eigenvalue weighted by Gasteiger charge is 2.27. The fourth-order valence-corrected chi connectivity index (χ4v) is 2.32. The molecule has 1 aliphatic rings. The van der Waals surface area contributed by atoms with Gasteiger partial charge in [-0.1, -0.05) is 23.4 Å². The van der Waals surface area contributed by atoms with Crippen molar-refractivity contribution in [2.75, 3.05) is 0 Å². The van der Waals surface area contributed by atoms with E-state index in [0.717, 1.165) is 10.9 Å². The Hall–Kier alpha value is -1.21. The van der Waals surface area contributed by atoms with Gasteiger partial charge in [0, 0.05) is 5.75 Å². The van der Waals surface area contributed by atoms with Gasteiger partial charge in [-0.15, -0.1) is 5.10 Å². The Balaban J connectivity index is 1.67. The maximum Gasteiger partial charge on any atom is 0.209 e. The van der Waals surface area contributed by atoms with Crippen LogP contribution in [0.1, 0.15) is 24.6 Å². The van der Waals surface area contributed by atoms with E-state index in [0.29, 0.717) is 16.9 Å². The quantitative estimate of drug-likeness (QED) is 0.787. The van der Waals surface area contributed by atoms with Crippen LogP contribution in [-0.2, 0) is 5.75 Å². The molecular weight excluding hydrogens is 260 g/mol. The van der Waals surface area contributed by atoms with Crippen LogP contribution in [0, 0.1) is 0 Å². The second-order valence-corrected chi connectivity index (χ2v) is 5.09. The van der Waals surface area contributed by atoms with Crippen molar-refractivity contribution in [3.63, 3.8) is 0 Å². The summed E-state index contributed by atoms with van der Waals surface area (Å²) in [7, 11) is 0. The molecule has 0 aliphatic heterocycles. The maximum absolute atomic E-state index is 5.67. The number of thioether (sulfide) groups is 1. The molecule has 1 saturated carbocycles. The Bertz CT molecular complexity index is 508. The summed E-state index contributed by atoms with van der Waals surface area (Å²) < 4.78 is 1.88. The lowest BCUT2D eigenvalue weighted by Crippen LogP contribution is -1.99. The molecule has 2 aromatic heterocycles. The van der Waals surface area contributed by atoms with E-state index in [1.54, 1.807) is 24.2 Å². The number of tetrazole rings is 1. The summed E-state index contributed by atoms with van der Waals surface area (Å²) in [4.78, 5) is 8.15. The molecule has 1 aliphatic carbocycles. The summed E-state index contributed by atoms with van der Waals surface area (Å²) in [5.41, 5.74) is 0.866. The van der Waals surface area contributed by atoms with Gasteiger partial charge in [-0.2, -0.15) is 0 Å². The van der Waals surface area contributed by atoms with Gasteiger partial charge in [-0.25, -0.2) is 9.67 Å². The summed E-state index contributed by atoms with van der Waals surface area (Å²) in [6.45, 7) is 0. The summed E-state index contributed by atoms with van der Waals surface area (Å²) >= 11 is 7.23. The molecule has 3 rings (SSSR count). The fourth-order valence-electron chi connectivity index (χ4n) is 1.38. The zero-order valence-corrected chi connectivity index (χ0v) is 10.4. The Kier molecular flexibility index (Phi) is 2.94. The fraction of sp³-hybridized carbons (Fsp3) is 0.444. The van der Waals surface area contributed by atoms with Gasteiger partial charge in [-0.3, -0.25) is 4.98 Å². The maximum atomic E-state index is 5.67. The van der Waals surface area contributed by atoms with Crippen LogP contribution in [0.15, 0.2) is 17.6 Å². The normalized spacial score (nSPS) is 15.1. The zero-order valence-electron chi connectivity index (χ0n) is 8.82. The molecule has 17 heavy (non-hydrogen) atoms. The monoisotopic (exact) mass is 268 g/mol. The van der Waals surface area contributed by atoms with Crippen LogP contribution < -0.4 is 0 Å². The summed E-state index contributed by atoms with van der Waals surface area (Å²) in [6, 6.07) is 0.490. The third-order valence-corrected chi connectivity index (χ3v) is 3.54. The minimum absolute atomic E-state index is 0.404. The van der Waals surface area contributed by atoms with Gasteiger partial charge >= 0.3 is 0 Å². The first-order valence-corrected chi connectivity index (χ1v) is 6.56. The molecule has 6 nitrogen and oxygen atoms in total. The van der Waals surface area contributed by atoms with Crippen molar-refractivity contribution >= 4 is 23.4 Å². The second kappa shape index (κ2) is 4.58. The molecule has 2 heterocycles. The third-order valence-electron chi connectivity index (χ3n) is 2.38. The lowest BCUT2D eigenvalue weighted by atomic mass is 10.5.